The van der Waals surface area contributed by atoms with Crippen LogP contribution in [0.2, 0.25) is 0 Å². The highest BCUT2D eigenvalue weighted by Gasteiger charge is 2.18. The number of aryl methyl sites for hydroxylation is 1. The van der Waals surface area contributed by atoms with Crippen LogP contribution in [0.4, 0.5) is 5.13 Å². The van der Waals surface area contributed by atoms with E-state index in [0.29, 0.717) is 0 Å². The Hall–Kier alpha value is -2.81. The predicted octanol–water partition coefficient (Wildman–Crippen LogP) is 4.13. The second kappa shape index (κ2) is 8.51. The molecule has 152 valence electrons. The van der Waals surface area contributed by atoms with Crippen LogP contribution in [0.15, 0.2) is 64.8 Å². The fraction of sp³-hybridized carbons (Fsp3) is 0.227. The second-order valence-corrected chi connectivity index (χ2v) is 8.95. The van der Waals surface area contributed by atoms with Crippen molar-refractivity contribution in [2.24, 2.45) is 17.3 Å². The fourth-order valence-corrected chi connectivity index (χ4v) is 5.39. The van der Waals surface area contributed by atoms with E-state index in [4.69, 9.17) is 9.72 Å². The van der Waals surface area contributed by atoms with Crippen molar-refractivity contribution in [1.82, 2.24) is 9.55 Å². The summed E-state index contributed by atoms with van der Waals surface area (Å²) in [6, 6.07) is 18.5. The van der Waals surface area contributed by atoms with Gasteiger partial charge >= 0.3 is 0 Å². The van der Waals surface area contributed by atoms with Gasteiger partial charge in [0.2, 0.25) is 4.80 Å². The number of para-hydroxylation sites is 1. The molecule has 0 N–H and O–H groups in total. The highest BCUT2D eigenvalue weighted by molar-refractivity contribution is 7.17. The first-order valence-corrected chi connectivity index (χ1v) is 11.4. The molecule has 3 heterocycles. The minimum atomic E-state index is 0.738. The van der Waals surface area contributed by atoms with Crippen LogP contribution in [-0.4, -0.2) is 42.1 Å². The van der Waals surface area contributed by atoms with E-state index in [1.807, 2.05) is 43.6 Å². The van der Waals surface area contributed by atoms with Crippen molar-refractivity contribution in [3.05, 3.63) is 64.3 Å². The van der Waals surface area contributed by atoms with Gasteiger partial charge in [-0.15, -0.1) is 5.10 Å². The van der Waals surface area contributed by atoms with Crippen molar-refractivity contribution in [3.63, 3.8) is 0 Å². The van der Waals surface area contributed by atoms with Gasteiger partial charge in [0.1, 0.15) is 0 Å². The summed E-state index contributed by atoms with van der Waals surface area (Å²) in [6.45, 7) is 3.20. The van der Waals surface area contributed by atoms with Crippen LogP contribution in [-0.2, 0) is 11.8 Å². The number of aromatic nitrogens is 2. The third-order valence-corrected chi connectivity index (χ3v) is 7.16. The Kier molecular flexibility index (Phi) is 5.44. The molecular formula is C22H21N5OS2. The molecule has 0 unspecified atom stereocenters. The van der Waals surface area contributed by atoms with Crippen LogP contribution in [0.5, 0.6) is 0 Å². The fourth-order valence-electron chi connectivity index (χ4n) is 3.41. The molecule has 30 heavy (non-hydrogen) atoms. The van der Waals surface area contributed by atoms with E-state index in [1.54, 1.807) is 22.7 Å². The van der Waals surface area contributed by atoms with E-state index in [0.717, 1.165) is 57.9 Å². The van der Waals surface area contributed by atoms with Gasteiger partial charge in [-0.05, 0) is 12.1 Å². The number of nitrogens with zero attached hydrogens (tertiary/aromatic N) is 5. The Balaban J connectivity index is 1.52. The average molecular weight is 436 g/mol. The van der Waals surface area contributed by atoms with Gasteiger partial charge in [-0.25, -0.2) is 4.98 Å². The van der Waals surface area contributed by atoms with Crippen molar-refractivity contribution in [2.75, 3.05) is 31.2 Å². The normalized spacial score (nSPS) is 15.5. The van der Waals surface area contributed by atoms with Crippen LogP contribution < -0.4 is 9.70 Å². The summed E-state index contributed by atoms with van der Waals surface area (Å²) in [7, 11) is 2.02. The maximum atomic E-state index is 5.49. The first-order chi connectivity index (χ1) is 14.8. The molecule has 8 heteroatoms. The van der Waals surface area contributed by atoms with E-state index >= 15 is 0 Å². The number of anilines is 1. The van der Waals surface area contributed by atoms with Crippen molar-refractivity contribution in [3.8, 4) is 11.3 Å². The number of hydrogen-bond acceptors (Lipinski definition) is 7. The van der Waals surface area contributed by atoms with Gasteiger partial charge in [0.05, 0.1) is 40.2 Å². The molecule has 6 nitrogen and oxygen atoms in total. The van der Waals surface area contributed by atoms with Crippen LogP contribution in [0.25, 0.3) is 21.5 Å². The predicted molar refractivity (Wildman–Crippen MR) is 125 cm³/mol. The molecule has 0 radical (unpaired) electrons. The standard InChI is InChI=1S/C22H21N5OS2/c1-26-17-9-5-6-10-18(17)29-22(26)25-23-15-19-20(16-7-3-2-4-8-16)24-21(30-19)27-11-13-28-14-12-27/h2-10,15H,11-14H2,1H3/b23-15+,25-22-. The summed E-state index contributed by atoms with van der Waals surface area (Å²) in [4.78, 5) is 9.09. The van der Waals surface area contributed by atoms with Gasteiger partial charge in [-0.2, -0.15) is 5.10 Å². The van der Waals surface area contributed by atoms with Gasteiger partial charge in [-0.3, -0.25) is 0 Å². The molecule has 0 saturated carbocycles. The van der Waals surface area contributed by atoms with E-state index in [-0.39, 0.29) is 0 Å². The van der Waals surface area contributed by atoms with E-state index < -0.39 is 0 Å². The zero-order valence-corrected chi connectivity index (χ0v) is 18.2. The molecule has 0 atom stereocenters. The maximum absolute atomic E-state index is 5.49. The molecule has 0 aliphatic carbocycles. The molecule has 0 spiro atoms. The van der Waals surface area contributed by atoms with Crippen LogP contribution >= 0.6 is 22.7 Å². The number of fused-ring (bicyclic) bond motifs is 1. The summed E-state index contributed by atoms with van der Waals surface area (Å²) in [6.07, 6.45) is 1.83. The van der Waals surface area contributed by atoms with Gasteiger partial charge in [0.25, 0.3) is 0 Å². The van der Waals surface area contributed by atoms with Gasteiger partial charge in [-0.1, -0.05) is 65.1 Å². The quantitative estimate of drug-likeness (QED) is 0.358. The Bertz CT molecular complexity index is 1250. The third kappa shape index (κ3) is 3.81. The monoisotopic (exact) mass is 435 g/mol. The molecule has 2 aromatic carbocycles. The molecule has 0 bridgehead atoms. The van der Waals surface area contributed by atoms with Gasteiger partial charge in [0.15, 0.2) is 5.13 Å². The summed E-state index contributed by atoms with van der Waals surface area (Å²) in [5, 5.41) is 9.93. The van der Waals surface area contributed by atoms with Gasteiger partial charge in [0, 0.05) is 25.7 Å². The Morgan fingerprint density at radius 1 is 1.00 bits per heavy atom. The summed E-state index contributed by atoms with van der Waals surface area (Å²) in [5.41, 5.74) is 3.19. The van der Waals surface area contributed by atoms with Crippen LogP contribution in [0, 0.1) is 0 Å². The van der Waals surface area contributed by atoms with E-state index in [9.17, 15) is 0 Å². The molecule has 1 aliphatic rings. The topological polar surface area (TPSA) is 55.0 Å². The highest BCUT2D eigenvalue weighted by Crippen LogP contribution is 2.32. The molecule has 0 amide bonds. The molecule has 2 aromatic heterocycles. The minimum Gasteiger partial charge on any atom is -0.378 e. The number of morpholine rings is 1. The SMILES string of the molecule is Cn1/c(=N/N=C/c2sc(N3CCOCC3)nc2-c2ccccc2)sc2ccccc21. The molecule has 4 aromatic rings. The molecule has 1 saturated heterocycles. The largest absolute Gasteiger partial charge is 0.378 e. The minimum absolute atomic E-state index is 0.738. The second-order valence-electron chi connectivity index (χ2n) is 6.93. The average Bonchev–Trinajstić information content (AvgIpc) is 3.37. The van der Waals surface area contributed by atoms with Crippen molar-refractivity contribution in [2.45, 2.75) is 0 Å². The van der Waals surface area contributed by atoms with E-state index in [1.165, 1.54) is 4.70 Å². The van der Waals surface area contributed by atoms with Crippen molar-refractivity contribution < 1.29 is 4.74 Å². The van der Waals surface area contributed by atoms with E-state index in [2.05, 4.69) is 43.9 Å². The first-order valence-electron chi connectivity index (χ1n) is 9.80. The lowest BCUT2D eigenvalue weighted by Gasteiger charge is -2.26. The van der Waals surface area contributed by atoms with Gasteiger partial charge < -0.3 is 14.2 Å². The summed E-state index contributed by atoms with van der Waals surface area (Å²) >= 11 is 3.29. The lowest BCUT2D eigenvalue weighted by atomic mass is 10.1. The van der Waals surface area contributed by atoms with Crippen molar-refractivity contribution in [1.29, 1.82) is 0 Å². The molecular weight excluding hydrogens is 414 g/mol. The Morgan fingerprint density at radius 3 is 2.57 bits per heavy atom. The van der Waals surface area contributed by atoms with Crippen molar-refractivity contribution >= 4 is 44.2 Å². The lowest BCUT2D eigenvalue weighted by Crippen LogP contribution is -2.36. The zero-order valence-electron chi connectivity index (χ0n) is 16.6. The molecule has 1 aliphatic heterocycles. The van der Waals surface area contributed by atoms with Crippen LogP contribution in [0.3, 0.4) is 0 Å². The molecule has 1 fully saturated rings. The zero-order chi connectivity index (χ0) is 20.3. The number of rotatable bonds is 4. The summed E-state index contributed by atoms with van der Waals surface area (Å²) in [5.74, 6) is 0. The highest BCUT2D eigenvalue weighted by atomic mass is 32.1. The number of thiazole rings is 2. The van der Waals surface area contributed by atoms with Crippen LogP contribution in [0.1, 0.15) is 4.88 Å². The number of benzene rings is 2. The lowest BCUT2D eigenvalue weighted by molar-refractivity contribution is 0.122. The third-order valence-electron chi connectivity index (χ3n) is 5.00. The summed E-state index contributed by atoms with van der Waals surface area (Å²) < 4.78 is 8.76. The number of ether oxygens (including phenoxy) is 1. The first kappa shape index (κ1) is 19.2. The molecule has 5 rings (SSSR count). The number of hydrogen-bond donors (Lipinski definition) is 0. The Labute approximate surface area is 182 Å². The maximum Gasteiger partial charge on any atom is 0.211 e. The smallest absolute Gasteiger partial charge is 0.211 e. The Morgan fingerprint density at radius 2 is 1.77 bits per heavy atom.